The Hall–Kier alpha value is -3.68. The monoisotopic (exact) mass is 435 g/mol. The minimum Gasteiger partial charge on any atom is -0.465 e. The van der Waals surface area contributed by atoms with Crippen LogP contribution in [0.5, 0.6) is 0 Å². The second-order valence-electron chi connectivity index (χ2n) is 8.20. The number of ether oxygens (including phenoxy) is 1. The number of anilines is 1. The van der Waals surface area contributed by atoms with E-state index < -0.39 is 17.7 Å². The number of nitrogens with zero attached hydrogens (tertiary/aromatic N) is 2. The molecule has 2 aromatic carbocycles. The summed E-state index contributed by atoms with van der Waals surface area (Å²) in [7, 11) is 1.34. The van der Waals surface area contributed by atoms with Gasteiger partial charge in [0.1, 0.15) is 5.82 Å². The van der Waals surface area contributed by atoms with Gasteiger partial charge < -0.3 is 19.5 Å². The molecule has 1 saturated heterocycles. The van der Waals surface area contributed by atoms with Gasteiger partial charge in [0.15, 0.2) is 0 Å². The summed E-state index contributed by atoms with van der Waals surface area (Å²) in [6, 6.07) is 11.4. The van der Waals surface area contributed by atoms with Gasteiger partial charge in [0.2, 0.25) is 11.8 Å². The molecule has 0 saturated carbocycles. The number of fused-ring (bicyclic) bond motifs is 3. The standard InChI is InChI=1S/C24H22FN3O4/c1-32-24(31)14-6-7-19-16(10-14)17-13-27(9-8-20(17)26-19)23(30)15-11-22(29)28(12-15)21-5-3-2-4-18(21)25/h2-7,10,15,26H,8-9,11-13H2,1H3/t15-/m0/s1. The third kappa shape index (κ3) is 3.32. The molecule has 1 atom stereocenters. The van der Waals surface area contributed by atoms with Crippen LogP contribution in [0.4, 0.5) is 10.1 Å². The Balaban J connectivity index is 1.37. The highest BCUT2D eigenvalue weighted by atomic mass is 19.1. The molecule has 8 heteroatoms. The molecule has 3 aromatic rings. The summed E-state index contributed by atoms with van der Waals surface area (Å²) in [6.07, 6.45) is 0.720. The molecule has 0 aliphatic carbocycles. The van der Waals surface area contributed by atoms with Crippen LogP contribution in [0, 0.1) is 11.7 Å². The van der Waals surface area contributed by atoms with Crippen LogP contribution in [0.25, 0.3) is 10.9 Å². The quantitative estimate of drug-likeness (QED) is 0.641. The Kier molecular flexibility index (Phi) is 4.92. The van der Waals surface area contributed by atoms with E-state index in [0.717, 1.165) is 22.2 Å². The van der Waals surface area contributed by atoms with E-state index in [1.54, 1.807) is 35.2 Å². The summed E-state index contributed by atoms with van der Waals surface area (Å²) < 4.78 is 19.0. The second-order valence-corrected chi connectivity index (χ2v) is 8.20. The lowest BCUT2D eigenvalue weighted by Crippen LogP contribution is -2.40. The van der Waals surface area contributed by atoms with Crippen LogP contribution < -0.4 is 4.90 Å². The topological polar surface area (TPSA) is 82.7 Å². The third-order valence-corrected chi connectivity index (χ3v) is 6.33. The van der Waals surface area contributed by atoms with Crippen molar-refractivity contribution in [2.24, 2.45) is 5.92 Å². The molecule has 0 bridgehead atoms. The van der Waals surface area contributed by atoms with Gasteiger partial charge in [-0.15, -0.1) is 0 Å². The first-order chi connectivity index (χ1) is 15.5. The van der Waals surface area contributed by atoms with E-state index in [-0.39, 0.29) is 30.5 Å². The van der Waals surface area contributed by atoms with E-state index in [9.17, 15) is 18.8 Å². The number of rotatable bonds is 3. The van der Waals surface area contributed by atoms with Crippen molar-refractivity contribution in [3.8, 4) is 0 Å². The van der Waals surface area contributed by atoms with Gasteiger partial charge in [0.05, 0.1) is 24.3 Å². The fourth-order valence-corrected chi connectivity index (χ4v) is 4.68. The molecule has 5 rings (SSSR count). The zero-order valence-corrected chi connectivity index (χ0v) is 17.6. The number of nitrogens with one attached hydrogen (secondary N) is 1. The average Bonchev–Trinajstić information content (AvgIpc) is 3.37. The van der Waals surface area contributed by atoms with Crippen molar-refractivity contribution in [2.45, 2.75) is 19.4 Å². The zero-order chi connectivity index (χ0) is 22.4. The van der Waals surface area contributed by atoms with Crippen LogP contribution in [0.2, 0.25) is 0 Å². The van der Waals surface area contributed by atoms with Gasteiger partial charge in [0, 0.05) is 54.6 Å². The maximum atomic E-state index is 14.2. The lowest BCUT2D eigenvalue weighted by atomic mass is 10.0. The third-order valence-electron chi connectivity index (χ3n) is 6.33. The molecular formula is C24H22FN3O4. The maximum absolute atomic E-state index is 14.2. The van der Waals surface area contributed by atoms with Crippen molar-refractivity contribution in [3.05, 3.63) is 65.1 Å². The van der Waals surface area contributed by atoms with E-state index in [2.05, 4.69) is 4.98 Å². The zero-order valence-electron chi connectivity index (χ0n) is 17.6. The Morgan fingerprint density at radius 1 is 1.19 bits per heavy atom. The highest BCUT2D eigenvalue weighted by Gasteiger charge is 2.39. The van der Waals surface area contributed by atoms with Gasteiger partial charge in [0.25, 0.3) is 0 Å². The minimum absolute atomic E-state index is 0.0664. The van der Waals surface area contributed by atoms with Gasteiger partial charge in [-0.3, -0.25) is 9.59 Å². The molecule has 2 aliphatic rings. The van der Waals surface area contributed by atoms with E-state index >= 15 is 0 Å². The first kappa shape index (κ1) is 20.2. The SMILES string of the molecule is COC(=O)c1ccc2[nH]c3c(c2c1)CN(C(=O)[C@H]1CC(=O)N(c2ccccc2F)C1)CC3. The number of halogens is 1. The number of aromatic amines is 1. The number of hydrogen-bond acceptors (Lipinski definition) is 4. The number of aromatic nitrogens is 1. The summed E-state index contributed by atoms with van der Waals surface area (Å²) in [6.45, 7) is 1.10. The smallest absolute Gasteiger partial charge is 0.337 e. The van der Waals surface area contributed by atoms with Crippen LogP contribution in [0.15, 0.2) is 42.5 Å². The molecule has 1 aromatic heterocycles. The molecule has 1 N–H and O–H groups in total. The summed E-state index contributed by atoms with van der Waals surface area (Å²) >= 11 is 0. The maximum Gasteiger partial charge on any atom is 0.337 e. The Bertz CT molecular complexity index is 1250. The molecule has 2 aliphatic heterocycles. The van der Waals surface area contributed by atoms with Crippen LogP contribution in [-0.4, -0.2) is 47.9 Å². The molecule has 7 nitrogen and oxygen atoms in total. The Labute approximate surface area is 183 Å². The second kappa shape index (κ2) is 7.78. The van der Waals surface area contributed by atoms with Gasteiger partial charge in [-0.05, 0) is 30.3 Å². The fraction of sp³-hybridized carbons (Fsp3) is 0.292. The van der Waals surface area contributed by atoms with Gasteiger partial charge >= 0.3 is 5.97 Å². The molecular weight excluding hydrogens is 413 g/mol. The van der Waals surface area contributed by atoms with E-state index in [1.165, 1.54) is 18.1 Å². The fourth-order valence-electron chi connectivity index (χ4n) is 4.68. The molecule has 0 spiro atoms. The molecule has 164 valence electrons. The van der Waals surface area contributed by atoms with Gasteiger partial charge in [-0.1, -0.05) is 12.1 Å². The number of methoxy groups -OCH3 is 1. The number of hydrogen-bond donors (Lipinski definition) is 1. The Morgan fingerprint density at radius 2 is 2.00 bits per heavy atom. The molecule has 3 heterocycles. The highest BCUT2D eigenvalue weighted by molar-refractivity contribution is 6.01. The first-order valence-electron chi connectivity index (χ1n) is 10.5. The van der Waals surface area contributed by atoms with Crippen molar-refractivity contribution < 1.29 is 23.5 Å². The number of H-pyrrole nitrogens is 1. The number of amides is 2. The number of benzene rings is 2. The van der Waals surface area contributed by atoms with E-state index in [4.69, 9.17) is 4.74 Å². The van der Waals surface area contributed by atoms with E-state index in [0.29, 0.717) is 25.1 Å². The molecule has 0 unspecified atom stereocenters. The molecule has 2 amide bonds. The summed E-state index contributed by atoms with van der Waals surface area (Å²) in [5, 5.41) is 0.885. The number of esters is 1. The van der Waals surface area contributed by atoms with Crippen LogP contribution >= 0.6 is 0 Å². The predicted octanol–water partition coefficient (Wildman–Crippen LogP) is 3.03. The minimum atomic E-state index is -0.514. The van der Waals surface area contributed by atoms with Crippen LogP contribution in [-0.2, 0) is 27.3 Å². The number of carbonyl (C=O) groups excluding carboxylic acids is 3. The number of carbonyl (C=O) groups is 3. The van der Waals surface area contributed by atoms with Crippen molar-refractivity contribution >= 4 is 34.4 Å². The Morgan fingerprint density at radius 3 is 2.78 bits per heavy atom. The van der Waals surface area contributed by atoms with E-state index in [1.807, 2.05) is 6.07 Å². The summed E-state index contributed by atoms with van der Waals surface area (Å²) in [4.78, 5) is 44.2. The lowest BCUT2D eigenvalue weighted by Gasteiger charge is -2.29. The number of para-hydroxylation sites is 1. The highest BCUT2D eigenvalue weighted by Crippen LogP contribution is 2.32. The van der Waals surface area contributed by atoms with Crippen molar-refractivity contribution in [3.63, 3.8) is 0 Å². The van der Waals surface area contributed by atoms with Crippen LogP contribution in [0.3, 0.4) is 0 Å². The van der Waals surface area contributed by atoms with Crippen LogP contribution in [0.1, 0.15) is 28.0 Å². The van der Waals surface area contributed by atoms with Crippen molar-refractivity contribution in [1.29, 1.82) is 0 Å². The normalized spacial score (nSPS) is 18.2. The summed E-state index contributed by atoms with van der Waals surface area (Å²) in [5.74, 6) is -1.76. The molecule has 1 fully saturated rings. The van der Waals surface area contributed by atoms with Crippen molar-refractivity contribution in [2.75, 3.05) is 25.1 Å². The summed E-state index contributed by atoms with van der Waals surface area (Å²) in [5.41, 5.74) is 3.58. The molecule has 0 radical (unpaired) electrons. The predicted molar refractivity (Wildman–Crippen MR) is 116 cm³/mol. The van der Waals surface area contributed by atoms with Crippen molar-refractivity contribution in [1.82, 2.24) is 9.88 Å². The van der Waals surface area contributed by atoms with Gasteiger partial charge in [-0.25, -0.2) is 9.18 Å². The average molecular weight is 435 g/mol. The largest absolute Gasteiger partial charge is 0.465 e. The lowest BCUT2D eigenvalue weighted by molar-refractivity contribution is -0.136. The molecule has 32 heavy (non-hydrogen) atoms. The first-order valence-corrected chi connectivity index (χ1v) is 10.5. The van der Waals surface area contributed by atoms with Gasteiger partial charge in [-0.2, -0.15) is 0 Å².